The van der Waals surface area contributed by atoms with Gasteiger partial charge in [0, 0.05) is 48.2 Å². The number of benzene rings is 3. The summed E-state index contributed by atoms with van der Waals surface area (Å²) in [6, 6.07) is 15.8. The highest BCUT2D eigenvalue weighted by Gasteiger charge is 2.21. The van der Waals surface area contributed by atoms with E-state index in [4.69, 9.17) is 0 Å². The zero-order chi connectivity index (χ0) is 31.4. The third kappa shape index (κ3) is 6.32. The maximum atomic E-state index is 13.6. The first-order valence-corrected chi connectivity index (χ1v) is 13.5. The van der Waals surface area contributed by atoms with E-state index in [2.05, 4.69) is 37.8 Å². The van der Waals surface area contributed by atoms with Gasteiger partial charge < -0.3 is 16.0 Å². The van der Waals surface area contributed by atoms with Crippen LogP contribution in [0.25, 0.3) is 10.9 Å². The molecule has 44 heavy (non-hydrogen) atoms. The van der Waals surface area contributed by atoms with Crippen LogP contribution in [0.1, 0.15) is 37.5 Å². The molecule has 2 amide bonds. The van der Waals surface area contributed by atoms with E-state index in [9.17, 15) is 23.2 Å². The number of fused-ring (bicyclic) bond motifs is 1. The van der Waals surface area contributed by atoms with E-state index in [1.165, 1.54) is 15.4 Å². The zero-order valence-electron chi connectivity index (χ0n) is 24.0. The first kappa shape index (κ1) is 29.7. The Kier molecular flexibility index (Phi) is 8.48. The molecule has 0 aliphatic rings. The van der Waals surface area contributed by atoms with E-state index in [1.807, 2.05) is 12.1 Å². The molecule has 3 N–H and O–H groups in total. The number of aromatic nitrogens is 4. The van der Waals surface area contributed by atoms with Crippen molar-refractivity contribution in [3.8, 4) is 11.8 Å². The minimum Gasteiger partial charge on any atom is -0.355 e. The zero-order valence-corrected chi connectivity index (χ0v) is 24.0. The van der Waals surface area contributed by atoms with Crippen LogP contribution in [0.5, 0.6) is 0 Å². The Bertz CT molecular complexity index is 2040. The molecule has 0 radical (unpaired) electrons. The monoisotopic (exact) mass is 595 g/mol. The number of carbonyl (C=O) groups is 2. The summed E-state index contributed by atoms with van der Waals surface area (Å²) in [5.74, 6) is 3.45. The molecule has 3 aromatic carbocycles. The van der Waals surface area contributed by atoms with Crippen LogP contribution < -0.4 is 21.5 Å². The summed E-state index contributed by atoms with van der Waals surface area (Å²) in [5, 5.41) is 9.09. The Balaban J connectivity index is 1.23. The number of hydrogen-bond acceptors (Lipinski definition) is 6. The fraction of sp³-hybridized carbons (Fsp3) is 0.156. The molecule has 2 heterocycles. The number of carbonyl (C=O) groups excluding carboxylic acids is 2. The SMILES string of the molecule is CNC(=O)c1cccc(Nc2ncc3cc(C#CCNC(=O)c4c(C)n(C)n(Cc5ccc(F)c(F)c5)c4=O)ccc3n2)c1. The predicted molar refractivity (Wildman–Crippen MR) is 162 cm³/mol. The van der Waals surface area contributed by atoms with Crippen molar-refractivity contribution in [3.05, 3.63) is 117 Å². The molecule has 0 aliphatic carbocycles. The lowest BCUT2D eigenvalue weighted by atomic mass is 10.1. The Morgan fingerprint density at radius 1 is 1.00 bits per heavy atom. The van der Waals surface area contributed by atoms with Gasteiger partial charge in [-0.2, -0.15) is 0 Å². The molecule has 2 aromatic heterocycles. The first-order valence-electron chi connectivity index (χ1n) is 13.5. The Labute approximate surface area is 250 Å². The molecular weight excluding hydrogens is 568 g/mol. The second-order valence-corrected chi connectivity index (χ2v) is 9.83. The van der Waals surface area contributed by atoms with Gasteiger partial charge in [0.15, 0.2) is 11.6 Å². The van der Waals surface area contributed by atoms with Crippen LogP contribution in [-0.2, 0) is 13.6 Å². The van der Waals surface area contributed by atoms with Crippen LogP contribution in [-0.4, -0.2) is 44.7 Å². The second kappa shape index (κ2) is 12.6. The molecule has 0 saturated carbocycles. The van der Waals surface area contributed by atoms with Gasteiger partial charge in [0.05, 0.1) is 18.6 Å². The molecule has 0 saturated heterocycles. The summed E-state index contributed by atoms with van der Waals surface area (Å²) in [5.41, 5.74) is 2.74. The highest BCUT2D eigenvalue weighted by atomic mass is 19.2. The van der Waals surface area contributed by atoms with Crippen LogP contribution >= 0.6 is 0 Å². The van der Waals surface area contributed by atoms with E-state index in [-0.39, 0.29) is 24.6 Å². The molecule has 0 bridgehead atoms. The van der Waals surface area contributed by atoms with Crippen LogP contribution in [0.2, 0.25) is 0 Å². The largest absolute Gasteiger partial charge is 0.355 e. The first-order chi connectivity index (χ1) is 21.1. The molecule has 222 valence electrons. The van der Waals surface area contributed by atoms with Crippen molar-refractivity contribution in [2.75, 3.05) is 18.9 Å². The summed E-state index contributed by atoms with van der Waals surface area (Å²) < 4.78 is 29.7. The quantitative estimate of drug-likeness (QED) is 0.247. The lowest BCUT2D eigenvalue weighted by Crippen LogP contribution is -2.31. The van der Waals surface area contributed by atoms with E-state index in [0.29, 0.717) is 39.5 Å². The van der Waals surface area contributed by atoms with Crippen LogP contribution in [0.3, 0.4) is 0 Å². The van der Waals surface area contributed by atoms with Gasteiger partial charge in [-0.05, 0) is 61.0 Å². The summed E-state index contributed by atoms with van der Waals surface area (Å²) in [6.45, 7) is 1.58. The summed E-state index contributed by atoms with van der Waals surface area (Å²) in [4.78, 5) is 46.6. The third-order valence-corrected chi connectivity index (χ3v) is 6.96. The molecular formula is C32H27F2N7O3. The number of halogens is 2. The molecule has 0 atom stereocenters. The van der Waals surface area contributed by atoms with Crippen molar-refractivity contribution in [2.45, 2.75) is 13.5 Å². The van der Waals surface area contributed by atoms with Gasteiger partial charge in [-0.3, -0.25) is 19.1 Å². The molecule has 0 fully saturated rings. The van der Waals surface area contributed by atoms with E-state index >= 15 is 0 Å². The van der Waals surface area contributed by atoms with Gasteiger partial charge in [-0.15, -0.1) is 0 Å². The minimum absolute atomic E-state index is 0.0116. The Hall–Kier alpha value is -5.83. The smallest absolute Gasteiger partial charge is 0.280 e. The standard InChI is InChI=1S/C32H27F2N7O3/c1-19-28(31(44)41(40(19)3)18-21-9-11-25(33)26(34)15-21)30(43)36-13-5-6-20-10-12-27-23(14-20)17-37-32(39-27)38-24-8-4-7-22(16-24)29(42)35-2/h4,7-12,14-17H,13,18H2,1-3H3,(H,35,42)(H,36,43)(H,37,38,39). The van der Waals surface area contributed by atoms with Gasteiger partial charge in [-0.1, -0.05) is 24.0 Å². The van der Waals surface area contributed by atoms with Gasteiger partial charge in [0.2, 0.25) is 5.95 Å². The Morgan fingerprint density at radius 3 is 2.59 bits per heavy atom. The fourth-order valence-electron chi connectivity index (χ4n) is 4.56. The normalized spacial score (nSPS) is 10.7. The van der Waals surface area contributed by atoms with Gasteiger partial charge >= 0.3 is 0 Å². The van der Waals surface area contributed by atoms with Crippen LogP contribution in [0.15, 0.2) is 71.7 Å². The van der Waals surface area contributed by atoms with E-state index < -0.39 is 23.1 Å². The number of rotatable bonds is 7. The average Bonchev–Trinajstić information content (AvgIpc) is 3.23. The topological polar surface area (TPSA) is 123 Å². The molecule has 0 aliphatic heterocycles. The van der Waals surface area contributed by atoms with Crippen molar-refractivity contribution < 1.29 is 18.4 Å². The third-order valence-electron chi connectivity index (χ3n) is 6.96. The Morgan fingerprint density at radius 2 is 1.82 bits per heavy atom. The summed E-state index contributed by atoms with van der Waals surface area (Å²) in [7, 11) is 3.18. The van der Waals surface area contributed by atoms with Gasteiger partial charge in [0.25, 0.3) is 17.4 Å². The highest BCUT2D eigenvalue weighted by Crippen LogP contribution is 2.19. The number of nitrogens with zero attached hydrogens (tertiary/aromatic N) is 4. The van der Waals surface area contributed by atoms with Crippen molar-refractivity contribution in [3.63, 3.8) is 0 Å². The van der Waals surface area contributed by atoms with Crippen molar-refractivity contribution in [1.82, 2.24) is 30.0 Å². The molecule has 5 aromatic rings. The summed E-state index contributed by atoms with van der Waals surface area (Å²) in [6.07, 6.45) is 1.66. The molecule has 5 rings (SSSR count). The molecule has 0 unspecified atom stereocenters. The second-order valence-electron chi connectivity index (χ2n) is 9.83. The van der Waals surface area contributed by atoms with E-state index in [1.54, 1.807) is 57.5 Å². The predicted octanol–water partition coefficient (Wildman–Crippen LogP) is 3.65. The fourth-order valence-corrected chi connectivity index (χ4v) is 4.56. The maximum absolute atomic E-state index is 13.6. The number of hydrogen-bond donors (Lipinski definition) is 3. The van der Waals surface area contributed by atoms with E-state index in [0.717, 1.165) is 17.5 Å². The number of amides is 2. The highest BCUT2D eigenvalue weighted by molar-refractivity contribution is 5.95. The van der Waals surface area contributed by atoms with Crippen LogP contribution in [0, 0.1) is 30.4 Å². The maximum Gasteiger partial charge on any atom is 0.280 e. The lowest BCUT2D eigenvalue weighted by Gasteiger charge is -2.08. The average molecular weight is 596 g/mol. The van der Waals surface area contributed by atoms with Gasteiger partial charge in [0.1, 0.15) is 5.56 Å². The van der Waals surface area contributed by atoms with Crippen molar-refractivity contribution >= 4 is 34.4 Å². The van der Waals surface area contributed by atoms with Crippen molar-refractivity contribution in [2.24, 2.45) is 7.05 Å². The number of anilines is 2. The molecule has 12 heteroatoms. The molecule has 10 nitrogen and oxygen atoms in total. The number of nitrogens with one attached hydrogen (secondary N) is 3. The minimum atomic E-state index is -1.01. The lowest BCUT2D eigenvalue weighted by molar-refractivity contribution is 0.0951. The van der Waals surface area contributed by atoms with Crippen molar-refractivity contribution in [1.29, 1.82) is 0 Å². The summed E-state index contributed by atoms with van der Waals surface area (Å²) >= 11 is 0. The molecule has 0 spiro atoms. The van der Waals surface area contributed by atoms with Crippen LogP contribution in [0.4, 0.5) is 20.4 Å². The van der Waals surface area contributed by atoms with Gasteiger partial charge in [-0.25, -0.2) is 23.4 Å².